The van der Waals surface area contributed by atoms with Crippen LogP contribution in [0.1, 0.15) is 61.1 Å². The molecule has 1 saturated carbocycles. The van der Waals surface area contributed by atoms with Gasteiger partial charge in [-0.3, -0.25) is 4.98 Å². The van der Waals surface area contributed by atoms with Gasteiger partial charge in [0.1, 0.15) is 5.58 Å². The first-order valence-electron chi connectivity index (χ1n) is 13.5. The van der Waals surface area contributed by atoms with Crippen LogP contribution < -0.4 is 0 Å². The van der Waals surface area contributed by atoms with Gasteiger partial charge in [-0.2, -0.15) is 0 Å². The molecule has 3 heterocycles. The Bertz CT molecular complexity index is 1600. The molecule has 2 aromatic carbocycles. The van der Waals surface area contributed by atoms with E-state index in [2.05, 4.69) is 9.97 Å². The quantitative estimate of drug-likeness (QED) is 0.297. The van der Waals surface area contributed by atoms with Crippen LogP contribution in [0.3, 0.4) is 0 Å². The first kappa shape index (κ1) is 14.6. The Balaban J connectivity index is 1.36. The molecule has 0 spiro atoms. The zero-order valence-electron chi connectivity index (χ0n) is 22.6. The maximum absolute atomic E-state index is 9.29. The van der Waals surface area contributed by atoms with Crippen LogP contribution in [0.5, 0.6) is 0 Å². The van der Waals surface area contributed by atoms with Gasteiger partial charge in [0, 0.05) is 35.1 Å². The summed E-state index contributed by atoms with van der Waals surface area (Å²) in [5, 5.41) is 1.59. The van der Waals surface area contributed by atoms with Crippen molar-refractivity contribution in [2.45, 2.75) is 44.3 Å². The Morgan fingerprint density at radius 2 is 1.66 bits per heavy atom. The van der Waals surface area contributed by atoms with Crippen LogP contribution in [0.2, 0.25) is 0 Å². The number of furan rings is 1. The number of rotatable bonds is 3. The van der Waals surface area contributed by atoms with E-state index >= 15 is 0 Å². The number of hydrogen-bond donors (Lipinski definition) is 0. The average molecular weight is 424 g/mol. The van der Waals surface area contributed by atoms with Crippen molar-refractivity contribution in [2.75, 3.05) is 0 Å². The van der Waals surface area contributed by atoms with Crippen molar-refractivity contribution >= 4 is 22.1 Å². The van der Waals surface area contributed by atoms with Crippen LogP contribution in [0.25, 0.3) is 33.3 Å². The van der Waals surface area contributed by atoms with Crippen LogP contribution >= 0.6 is 0 Å². The number of aromatic nitrogens is 2. The van der Waals surface area contributed by atoms with Crippen LogP contribution in [0, 0.1) is 6.85 Å². The van der Waals surface area contributed by atoms with Gasteiger partial charge in [-0.05, 0) is 85.8 Å². The summed E-state index contributed by atoms with van der Waals surface area (Å²) in [6.45, 7) is -2.31. The predicted octanol–water partition coefficient (Wildman–Crippen LogP) is 7.79. The van der Waals surface area contributed by atoms with Gasteiger partial charge in [-0.15, -0.1) is 0 Å². The standard InChI is InChI=1S/C29H26N2O/c1-19-10-15-25-24-8-5-9-26(28(24)32-29(25)31-19)27-18-23(16-17-30-27)22-13-11-21(12-14-22)20-6-3-2-4-7-20/h2-10,15-18,21-22H,11-14H2,1H3/i1D3,21D,22D. The largest absolute Gasteiger partial charge is 0.437 e. The second-order valence-corrected chi connectivity index (χ2v) is 8.34. The van der Waals surface area contributed by atoms with Gasteiger partial charge in [0.05, 0.1) is 5.69 Å². The van der Waals surface area contributed by atoms with E-state index in [1.807, 2.05) is 60.7 Å². The number of fused-ring (bicyclic) bond motifs is 3. The fourth-order valence-electron chi connectivity index (χ4n) is 4.78. The van der Waals surface area contributed by atoms with Crippen molar-refractivity contribution in [3.05, 3.63) is 95.8 Å². The highest BCUT2D eigenvalue weighted by molar-refractivity contribution is 6.08. The van der Waals surface area contributed by atoms with E-state index in [0.717, 1.165) is 27.5 Å². The van der Waals surface area contributed by atoms with E-state index in [1.165, 1.54) is 6.07 Å². The van der Waals surface area contributed by atoms with Gasteiger partial charge < -0.3 is 4.42 Å². The summed E-state index contributed by atoms with van der Waals surface area (Å²) in [4.78, 5) is 8.86. The Labute approximate surface area is 195 Å². The molecule has 0 radical (unpaired) electrons. The maximum atomic E-state index is 9.29. The number of hydrogen-bond acceptors (Lipinski definition) is 3. The van der Waals surface area contributed by atoms with E-state index in [-0.39, 0.29) is 11.4 Å². The van der Waals surface area contributed by atoms with Crippen LogP contribution in [0.4, 0.5) is 0 Å². The predicted molar refractivity (Wildman–Crippen MR) is 130 cm³/mol. The van der Waals surface area contributed by atoms with Crippen LogP contribution in [-0.2, 0) is 0 Å². The van der Waals surface area contributed by atoms with Gasteiger partial charge in [0.25, 0.3) is 0 Å². The molecule has 158 valence electrons. The molecule has 1 fully saturated rings. The van der Waals surface area contributed by atoms with Crippen LogP contribution in [-0.4, -0.2) is 9.97 Å². The Morgan fingerprint density at radius 1 is 0.844 bits per heavy atom. The van der Waals surface area contributed by atoms with Gasteiger partial charge in [0.15, 0.2) is 0 Å². The van der Waals surface area contributed by atoms with Crippen molar-refractivity contribution in [3.8, 4) is 11.3 Å². The summed E-state index contributed by atoms with van der Waals surface area (Å²) in [5.41, 5.74) is 4.22. The number of pyridine rings is 2. The molecular weight excluding hydrogens is 392 g/mol. The van der Waals surface area contributed by atoms with E-state index < -0.39 is 18.6 Å². The van der Waals surface area contributed by atoms with Crippen molar-refractivity contribution in [1.82, 2.24) is 9.97 Å². The summed E-state index contributed by atoms with van der Waals surface area (Å²) in [6, 6.07) is 22.8. The fourth-order valence-corrected chi connectivity index (χ4v) is 4.78. The van der Waals surface area contributed by atoms with Crippen molar-refractivity contribution in [1.29, 1.82) is 0 Å². The van der Waals surface area contributed by atoms with Gasteiger partial charge in [-0.1, -0.05) is 42.5 Å². The monoisotopic (exact) mass is 423 g/mol. The van der Waals surface area contributed by atoms with Gasteiger partial charge in [-0.25, -0.2) is 4.98 Å². The molecule has 3 nitrogen and oxygen atoms in total. The lowest BCUT2D eigenvalue weighted by Crippen LogP contribution is -2.12. The minimum Gasteiger partial charge on any atom is -0.437 e. The molecule has 0 bridgehead atoms. The smallest absolute Gasteiger partial charge is 0.227 e. The zero-order valence-corrected chi connectivity index (χ0v) is 17.6. The molecule has 1 aliphatic carbocycles. The highest BCUT2D eigenvalue weighted by Crippen LogP contribution is 2.41. The molecule has 1 aliphatic rings. The molecule has 3 heteroatoms. The number of aryl methyl sites for hydroxylation is 1. The molecule has 0 unspecified atom stereocenters. The highest BCUT2D eigenvalue weighted by atomic mass is 16.3. The lowest BCUT2D eigenvalue weighted by atomic mass is 9.76. The maximum Gasteiger partial charge on any atom is 0.227 e. The SMILES string of the molecule is [2H]C([2H])([2H])c1ccc2c(n1)oc1c(-c3cc(C4([2H])CCC([2H])(c5ccccc5)CC4)ccn3)cccc12. The van der Waals surface area contributed by atoms with Gasteiger partial charge >= 0.3 is 0 Å². The van der Waals surface area contributed by atoms with E-state index in [9.17, 15) is 1.37 Å². The van der Waals surface area contributed by atoms with E-state index in [1.54, 1.807) is 12.3 Å². The summed E-state index contributed by atoms with van der Waals surface area (Å²) in [6.07, 6.45) is 4.15. The molecule has 0 amide bonds. The Hall–Kier alpha value is -3.46. The summed E-state index contributed by atoms with van der Waals surface area (Å²) in [7, 11) is 0. The minimum absolute atomic E-state index is 0.00449. The second kappa shape index (κ2) is 7.90. The lowest BCUT2D eigenvalue weighted by Gasteiger charge is -2.29. The van der Waals surface area contributed by atoms with E-state index in [0.29, 0.717) is 37.0 Å². The molecule has 5 aromatic rings. The molecule has 0 N–H and O–H groups in total. The van der Waals surface area contributed by atoms with Crippen molar-refractivity contribution in [2.24, 2.45) is 0 Å². The molecule has 32 heavy (non-hydrogen) atoms. The highest BCUT2D eigenvalue weighted by Gasteiger charge is 2.24. The zero-order chi connectivity index (χ0) is 25.8. The first-order chi connectivity index (χ1) is 17.7. The first-order valence-corrected chi connectivity index (χ1v) is 11.0. The third-order valence-corrected chi connectivity index (χ3v) is 6.45. The molecule has 6 rings (SSSR count). The minimum atomic E-state index is -2.31. The molecule has 3 aromatic heterocycles. The molecule has 0 saturated heterocycles. The lowest BCUT2D eigenvalue weighted by molar-refractivity contribution is 0.396. The topological polar surface area (TPSA) is 38.9 Å². The number of para-hydroxylation sites is 1. The summed E-state index contributed by atoms with van der Waals surface area (Å²) >= 11 is 0. The van der Waals surface area contributed by atoms with Crippen LogP contribution in [0.15, 0.2) is 83.4 Å². The van der Waals surface area contributed by atoms with Gasteiger partial charge in [0.2, 0.25) is 5.71 Å². The Kier molecular flexibility index (Phi) is 3.60. The second-order valence-electron chi connectivity index (χ2n) is 8.34. The average Bonchev–Trinajstić information content (AvgIpc) is 3.29. The summed E-state index contributed by atoms with van der Waals surface area (Å²) < 4.78 is 47.4. The third-order valence-electron chi connectivity index (χ3n) is 6.45. The summed E-state index contributed by atoms with van der Waals surface area (Å²) in [5.74, 6) is -1.46. The molecule has 0 aliphatic heterocycles. The van der Waals surface area contributed by atoms with E-state index in [4.69, 9.17) is 9.90 Å². The normalized spacial score (nSPS) is 26.2. The third kappa shape index (κ3) is 3.38. The number of nitrogens with zero attached hydrogens (tertiary/aromatic N) is 2. The number of benzene rings is 2. The van der Waals surface area contributed by atoms with Crippen molar-refractivity contribution in [3.63, 3.8) is 0 Å². The Morgan fingerprint density at radius 3 is 2.47 bits per heavy atom. The fraction of sp³-hybridized carbons (Fsp3) is 0.241. The molecule has 0 atom stereocenters. The molecular formula is C29H26N2O. The van der Waals surface area contributed by atoms with Crippen molar-refractivity contribution < 1.29 is 11.3 Å².